The number of benzene rings is 1. The summed E-state index contributed by atoms with van der Waals surface area (Å²) in [5.74, 6) is 0. The van der Waals surface area contributed by atoms with Gasteiger partial charge in [0.15, 0.2) is 0 Å². The molecule has 104 valence electrons. The molecule has 19 heavy (non-hydrogen) atoms. The van der Waals surface area contributed by atoms with E-state index in [9.17, 15) is 10.1 Å². The fraction of sp³-hybridized carbons (Fsp3) is 0.571. The van der Waals surface area contributed by atoms with E-state index >= 15 is 0 Å². The van der Waals surface area contributed by atoms with Crippen molar-refractivity contribution in [1.29, 1.82) is 0 Å². The van der Waals surface area contributed by atoms with Gasteiger partial charge < -0.3 is 10.0 Å². The summed E-state index contributed by atoms with van der Waals surface area (Å²) in [7, 11) is 0. The van der Waals surface area contributed by atoms with E-state index in [1.165, 1.54) is 0 Å². The van der Waals surface area contributed by atoms with Crippen molar-refractivity contribution in [3.63, 3.8) is 0 Å². The van der Waals surface area contributed by atoms with Gasteiger partial charge in [0.2, 0.25) is 0 Å². The van der Waals surface area contributed by atoms with Crippen molar-refractivity contribution in [2.24, 2.45) is 0 Å². The summed E-state index contributed by atoms with van der Waals surface area (Å²) in [4.78, 5) is 12.9. The maximum absolute atomic E-state index is 11.0. The summed E-state index contributed by atoms with van der Waals surface area (Å²) < 4.78 is 0. The van der Waals surface area contributed by atoms with Gasteiger partial charge in [0.1, 0.15) is 0 Å². The summed E-state index contributed by atoms with van der Waals surface area (Å²) in [6.07, 6.45) is 4.03. The van der Waals surface area contributed by atoms with Crippen molar-refractivity contribution in [2.75, 3.05) is 18.1 Å². The highest BCUT2D eigenvalue weighted by Gasteiger charge is 2.24. The molecule has 0 bridgehead atoms. The molecule has 1 aromatic carbocycles. The summed E-state index contributed by atoms with van der Waals surface area (Å²) in [6.45, 7) is 2.82. The van der Waals surface area contributed by atoms with Gasteiger partial charge in [0, 0.05) is 36.5 Å². The summed E-state index contributed by atoms with van der Waals surface area (Å²) >= 11 is 0. The van der Waals surface area contributed by atoms with Crippen LogP contribution >= 0.6 is 0 Å². The van der Waals surface area contributed by atoms with E-state index in [0.717, 1.165) is 37.9 Å². The van der Waals surface area contributed by atoms with Gasteiger partial charge in [0.25, 0.3) is 5.69 Å². The number of rotatable bonds is 4. The first-order valence-electron chi connectivity index (χ1n) is 6.76. The van der Waals surface area contributed by atoms with Crippen LogP contribution in [0.5, 0.6) is 0 Å². The Morgan fingerprint density at radius 2 is 2.26 bits per heavy atom. The normalized spacial score (nSPS) is 19.5. The van der Waals surface area contributed by atoms with Gasteiger partial charge in [-0.3, -0.25) is 10.1 Å². The van der Waals surface area contributed by atoms with Crippen LogP contribution in [0.2, 0.25) is 0 Å². The van der Waals surface area contributed by atoms with E-state index < -0.39 is 0 Å². The van der Waals surface area contributed by atoms with Crippen molar-refractivity contribution in [3.8, 4) is 0 Å². The topological polar surface area (TPSA) is 66.6 Å². The molecule has 0 aromatic heterocycles. The SMILES string of the molecule is Cc1ccc(N2CCCCC2CCO)cc1[N+](=O)[O-]. The summed E-state index contributed by atoms with van der Waals surface area (Å²) in [5, 5.41) is 20.1. The van der Waals surface area contributed by atoms with Crippen LogP contribution in [0.4, 0.5) is 11.4 Å². The molecule has 1 unspecified atom stereocenters. The van der Waals surface area contributed by atoms with Crippen LogP contribution in [0.1, 0.15) is 31.2 Å². The first-order valence-corrected chi connectivity index (χ1v) is 6.76. The fourth-order valence-corrected chi connectivity index (χ4v) is 2.76. The minimum absolute atomic E-state index is 0.162. The monoisotopic (exact) mass is 264 g/mol. The molecule has 1 N–H and O–H groups in total. The van der Waals surface area contributed by atoms with Crippen molar-refractivity contribution >= 4 is 11.4 Å². The van der Waals surface area contributed by atoms with E-state index in [1.54, 1.807) is 19.1 Å². The number of aliphatic hydroxyl groups is 1. The zero-order valence-electron chi connectivity index (χ0n) is 11.2. The van der Waals surface area contributed by atoms with Gasteiger partial charge in [-0.1, -0.05) is 6.07 Å². The van der Waals surface area contributed by atoms with E-state index in [4.69, 9.17) is 5.11 Å². The molecule has 1 aliphatic heterocycles. The number of hydrogen-bond acceptors (Lipinski definition) is 4. The number of nitro groups is 1. The maximum Gasteiger partial charge on any atom is 0.274 e. The van der Waals surface area contributed by atoms with Gasteiger partial charge in [-0.05, 0) is 38.7 Å². The Morgan fingerprint density at radius 1 is 1.47 bits per heavy atom. The Labute approximate surface area is 113 Å². The molecule has 2 rings (SSSR count). The highest BCUT2D eigenvalue weighted by Crippen LogP contribution is 2.30. The second-order valence-electron chi connectivity index (χ2n) is 5.08. The minimum atomic E-state index is -0.330. The Balaban J connectivity index is 2.28. The quantitative estimate of drug-likeness (QED) is 0.670. The molecule has 1 aliphatic rings. The molecule has 0 radical (unpaired) electrons. The number of aryl methyl sites for hydroxylation is 1. The van der Waals surface area contributed by atoms with Crippen molar-refractivity contribution in [3.05, 3.63) is 33.9 Å². The van der Waals surface area contributed by atoms with Crippen LogP contribution in [0.15, 0.2) is 18.2 Å². The Hall–Kier alpha value is -1.62. The molecule has 0 saturated carbocycles. The highest BCUT2D eigenvalue weighted by atomic mass is 16.6. The number of anilines is 1. The van der Waals surface area contributed by atoms with Crippen LogP contribution in [0.3, 0.4) is 0 Å². The predicted octanol–water partition coefficient (Wildman–Crippen LogP) is 2.64. The van der Waals surface area contributed by atoms with Crippen molar-refractivity contribution in [1.82, 2.24) is 0 Å². The van der Waals surface area contributed by atoms with Crippen LogP contribution in [0.25, 0.3) is 0 Å². The number of nitrogens with zero attached hydrogens (tertiary/aromatic N) is 2. The lowest BCUT2D eigenvalue weighted by Crippen LogP contribution is -2.40. The smallest absolute Gasteiger partial charge is 0.274 e. The van der Waals surface area contributed by atoms with Crippen LogP contribution in [0, 0.1) is 17.0 Å². The average Bonchev–Trinajstić information content (AvgIpc) is 2.40. The molecule has 1 aromatic rings. The van der Waals surface area contributed by atoms with Crippen molar-refractivity contribution in [2.45, 2.75) is 38.6 Å². The van der Waals surface area contributed by atoms with Gasteiger partial charge in [-0.2, -0.15) is 0 Å². The van der Waals surface area contributed by atoms with Crippen LogP contribution in [-0.4, -0.2) is 29.2 Å². The van der Waals surface area contributed by atoms with E-state index in [0.29, 0.717) is 11.6 Å². The minimum Gasteiger partial charge on any atom is -0.396 e. The maximum atomic E-state index is 11.0. The second kappa shape index (κ2) is 6.02. The Morgan fingerprint density at radius 3 is 2.95 bits per heavy atom. The van der Waals surface area contributed by atoms with Gasteiger partial charge in [-0.15, -0.1) is 0 Å². The molecule has 0 amide bonds. The standard InChI is InChI=1S/C14H20N2O3/c1-11-5-6-13(10-14(11)16(18)19)15-8-3-2-4-12(15)7-9-17/h5-6,10,12,17H,2-4,7-9H2,1H3. The number of hydrogen-bond donors (Lipinski definition) is 1. The summed E-state index contributed by atoms with van der Waals surface area (Å²) in [6, 6.07) is 5.70. The van der Waals surface area contributed by atoms with Gasteiger partial charge in [-0.25, -0.2) is 0 Å². The molecule has 1 heterocycles. The highest BCUT2D eigenvalue weighted by molar-refractivity contribution is 5.57. The van der Waals surface area contributed by atoms with Gasteiger partial charge in [0.05, 0.1) is 4.92 Å². The average molecular weight is 264 g/mol. The zero-order valence-corrected chi connectivity index (χ0v) is 11.2. The van der Waals surface area contributed by atoms with E-state index in [-0.39, 0.29) is 17.2 Å². The first kappa shape index (κ1) is 13.8. The second-order valence-corrected chi connectivity index (χ2v) is 5.08. The number of piperidine rings is 1. The Bertz CT molecular complexity index is 460. The van der Waals surface area contributed by atoms with Crippen molar-refractivity contribution < 1.29 is 10.0 Å². The number of nitro benzene ring substituents is 1. The molecule has 1 atom stereocenters. The molecular weight excluding hydrogens is 244 g/mol. The lowest BCUT2D eigenvalue weighted by Gasteiger charge is -2.37. The van der Waals surface area contributed by atoms with Crippen LogP contribution in [-0.2, 0) is 0 Å². The molecule has 5 nitrogen and oxygen atoms in total. The third-order valence-electron chi connectivity index (χ3n) is 3.81. The van der Waals surface area contributed by atoms with Crippen LogP contribution < -0.4 is 4.90 Å². The molecular formula is C14H20N2O3. The third-order valence-corrected chi connectivity index (χ3v) is 3.81. The molecule has 1 saturated heterocycles. The zero-order chi connectivity index (χ0) is 13.8. The van der Waals surface area contributed by atoms with Gasteiger partial charge >= 0.3 is 0 Å². The molecule has 0 aliphatic carbocycles. The third kappa shape index (κ3) is 3.04. The lowest BCUT2D eigenvalue weighted by molar-refractivity contribution is -0.385. The predicted molar refractivity (Wildman–Crippen MR) is 74.5 cm³/mol. The Kier molecular flexibility index (Phi) is 4.37. The lowest BCUT2D eigenvalue weighted by atomic mass is 9.98. The summed E-state index contributed by atoms with van der Waals surface area (Å²) in [5.41, 5.74) is 1.76. The number of aliphatic hydroxyl groups excluding tert-OH is 1. The molecule has 0 spiro atoms. The first-order chi connectivity index (χ1) is 9.13. The fourth-order valence-electron chi connectivity index (χ4n) is 2.76. The molecule has 5 heteroatoms. The van der Waals surface area contributed by atoms with E-state index in [1.807, 2.05) is 6.07 Å². The largest absolute Gasteiger partial charge is 0.396 e. The molecule has 1 fully saturated rings. The van der Waals surface area contributed by atoms with E-state index in [2.05, 4.69) is 4.90 Å².